The first-order chi connectivity index (χ1) is 16.6. The van der Waals surface area contributed by atoms with Gasteiger partial charge in [0.05, 0.1) is 24.8 Å². The third-order valence-corrected chi connectivity index (χ3v) is 5.50. The number of hydrogen-bond donors (Lipinski definition) is 1. The van der Waals surface area contributed by atoms with E-state index < -0.39 is 0 Å². The van der Waals surface area contributed by atoms with Crippen molar-refractivity contribution in [3.63, 3.8) is 0 Å². The standard InChI is InChI=1S/C23H23N9O2/c1-15-10-16(12-24)25-13-18(15)34-21-11-17(22-23(28-21)31(2)14-26-22)27-19-4-5-20(30-29-19)32-6-3-8-33-9-7-32/h4-5,10-11,13-14H,3,6-9H2,1-2H3,(H,27,28,29). The lowest BCUT2D eigenvalue weighted by Crippen LogP contribution is -2.27. The number of fused-ring (bicyclic) bond motifs is 1. The molecule has 0 radical (unpaired) electrons. The molecule has 5 rings (SSSR count). The number of nitrogens with zero attached hydrogens (tertiary/aromatic N) is 8. The number of ether oxygens (including phenoxy) is 2. The van der Waals surface area contributed by atoms with E-state index in [-0.39, 0.29) is 0 Å². The largest absolute Gasteiger partial charge is 0.437 e. The molecule has 34 heavy (non-hydrogen) atoms. The second-order valence-electron chi connectivity index (χ2n) is 7.94. The zero-order valence-electron chi connectivity index (χ0n) is 18.9. The Balaban J connectivity index is 1.42. The van der Waals surface area contributed by atoms with Crippen LogP contribution in [0.5, 0.6) is 11.6 Å². The van der Waals surface area contributed by atoms with Gasteiger partial charge in [-0.2, -0.15) is 10.2 Å². The van der Waals surface area contributed by atoms with Crippen LogP contribution >= 0.6 is 0 Å². The Hall–Kier alpha value is -4.30. The molecule has 1 aliphatic heterocycles. The van der Waals surface area contributed by atoms with E-state index in [0.29, 0.717) is 46.6 Å². The van der Waals surface area contributed by atoms with E-state index in [0.717, 1.165) is 37.5 Å². The Labute approximate surface area is 196 Å². The fraction of sp³-hybridized carbons (Fsp3) is 0.304. The summed E-state index contributed by atoms with van der Waals surface area (Å²) >= 11 is 0. The summed E-state index contributed by atoms with van der Waals surface area (Å²) in [4.78, 5) is 15.3. The molecule has 4 aromatic heterocycles. The van der Waals surface area contributed by atoms with Crippen molar-refractivity contribution in [3.05, 3.63) is 48.0 Å². The van der Waals surface area contributed by atoms with Gasteiger partial charge in [-0.05, 0) is 37.1 Å². The summed E-state index contributed by atoms with van der Waals surface area (Å²) in [7, 11) is 1.86. The highest BCUT2D eigenvalue weighted by Gasteiger charge is 2.15. The molecule has 172 valence electrons. The molecule has 5 heterocycles. The maximum atomic E-state index is 9.05. The second kappa shape index (κ2) is 9.29. The summed E-state index contributed by atoms with van der Waals surface area (Å²) in [6.45, 7) is 5.00. The van der Waals surface area contributed by atoms with Gasteiger partial charge in [0.2, 0.25) is 5.88 Å². The molecular weight excluding hydrogens is 434 g/mol. The molecule has 4 aromatic rings. The van der Waals surface area contributed by atoms with Crippen molar-refractivity contribution in [1.29, 1.82) is 5.26 Å². The normalized spacial score (nSPS) is 14.0. The summed E-state index contributed by atoms with van der Waals surface area (Å²) < 4.78 is 13.3. The molecule has 0 aliphatic carbocycles. The Morgan fingerprint density at radius 1 is 1.15 bits per heavy atom. The Bertz CT molecular complexity index is 1350. The van der Waals surface area contributed by atoms with Crippen molar-refractivity contribution < 1.29 is 9.47 Å². The fourth-order valence-corrected chi connectivity index (χ4v) is 3.72. The highest BCUT2D eigenvalue weighted by Crippen LogP contribution is 2.31. The van der Waals surface area contributed by atoms with Crippen LogP contribution in [0.2, 0.25) is 0 Å². The fourth-order valence-electron chi connectivity index (χ4n) is 3.72. The summed E-state index contributed by atoms with van der Waals surface area (Å²) in [6.07, 6.45) is 4.18. The third kappa shape index (κ3) is 4.44. The first-order valence-corrected chi connectivity index (χ1v) is 10.9. The Morgan fingerprint density at radius 2 is 2.06 bits per heavy atom. The number of anilines is 3. The van der Waals surface area contributed by atoms with Crippen molar-refractivity contribution in [2.45, 2.75) is 13.3 Å². The lowest BCUT2D eigenvalue weighted by atomic mass is 10.2. The van der Waals surface area contributed by atoms with Crippen molar-refractivity contribution >= 4 is 28.5 Å². The summed E-state index contributed by atoms with van der Waals surface area (Å²) in [5.74, 6) is 2.28. The number of imidazole rings is 1. The maximum absolute atomic E-state index is 9.05. The van der Waals surface area contributed by atoms with Crippen LogP contribution in [0.3, 0.4) is 0 Å². The highest BCUT2D eigenvalue weighted by molar-refractivity contribution is 5.88. The molecule has 0 unspecified atom stereocenters. The van der Waals surface area contributed by atoms with Gasteiger partial charge in [0.15, 0.2) is 23.0 Å². The van der Waals surface area contributed by atoms with Crippen LogP contribution in [0.15, 0.2) is 36.8 Å². The molecule has 11 heteroatoms. The van der Waals surface area contributed by atoms with Gasteiger partial charge in [-0.15, -0.1) is 10.2 Å². The van der Waals surface area contributed by atoms with E-state index in [4.69, 9.17) is 14.7 Å². The van der Waals surface area contributed by atoms with Crippen LogP contribution < -0.4 is 15.0 Å². The van der Waals surface area contributed by atoms with Crippen LogP contribution in [0.1, 0.15) is 17.7 Å². The van der Waals surface area contributed by atoms with Crippen LogP contribution in [0.4, 0.5) is 17.3 Å². The summed E-state index contributed by atoms with van der Waals surface area (Å²) in [6, 6.07) is 9.29. The first kappa shape index (κ1) is 21.5. The number of aryl methyl sites for hydroxylation is 2. The lowest BCUT2D eigenvalue weighted by molar-refractivity contribution is 0.152. The van der Waals surface area contributed by atoms with Crippen molar-refractivity contribution in [1.82, 2.24) is 29.7 Å². The van der Waals surface area contributed by atoms with Crippen LogP contribution in [-0.4, -0.2) is 56.0 Å². The average Bonchev–Trinajstić information content (AvgIpc) is 3.05. The minimum Gasteiger partial charge on any atom is -0.437 e. The summed E-state index contributed by atoms with van der Waals surface area (Å²) in [5.41, 5.74) is 3.13. The monoisotopic (exact) mass is 457 g/mol. The molecule has 0 amide bonds. The Kier molecular flexibility index (Phi) is 5.88. The van der Waals surface area contributed by atoms with Gasteiger partial charge in [-0.1, -0.05) is 0 Å². The predicted octanol–water partition coefficient (Wildman–Crippen LogP) is 3.10. The number of nitrogens with one attached hydrogen (secondary N) is 1. The zero-order valence-corrected chi connectivity index (χ0v) is 18.9. The lowest BCUT2D eigenvalue weighted by Gasteiger charge is -2.20. The molecule has 1 N–H and O–H groups in total. The molecule has 0 aromatic carbocycles. The van der Waals surface area contributed by atoms with E-state index >= 15 is 0 Å². The van der Waals surface area contributed by atoms with Gasteiger partial charge in [0.1, 0.15) is 17.3 Å². The van der Waals surface area contributed by atoms with E-state index in [1.807, 2.05) is 36.7 Å². The molecule has 1 fully saturated rings. The van der Waals surface area contributed by atoms with Crippen LogP contribution in [0, 0.1) is 18.3 Å². The average molecular weight is 457 g/mol. The van der Waals surface area contributed by atoms with Gasteiger partial charge < -0.3 is 24.3 Å². The molecule has 0 saturated carbocycles. The maximum Gasteiger partial charge on any atom is 0.223 e. The molecule has 1 aliphatic rings. The summed E-state index contributed by atoms with van der Waals surface area (Å²) in [5, 5.41) is 21.1. The van der Waals surface area contributed by atoms with Gasteiger partial charge >= 0.3 is 0 Å². The number of pyridine rings is 2. The number of nitriles is 1. The topological polar surface area (TPSA) is 127 Å². The van der Waals surface area contributed by atoms with Gasteiger partial charge in [-0.25, -0.2) is 9.97 Å². The number of rotatable bonds is 5. The molecular formula is C23H23N9O2. The van der Waals surface area contributed by atoms with Crippen molar-refractivity contribution in [3.8, 4) is 17.7 Å². The van der Waals surface area contributed by atoms with E-state index in [2.05, 4.69) is 35.4 Å². The van der Waals surface area contributed by atoms with E-state index in [9.17, 15) is 0 Å². The molecule has 0 atom stereocenters. The SMILES string of the molecule is Cc1cc(C#N)ncc1Oc1cc(Nc2ccc(N3CCCOCC3)nn2)c2ncn(C)c2n1. The van der Waals surface area contributed by atoms with E-state index in [1.165, 1.54) is 6.20 Å². The number of aromatic nitrogens is 6. The van der Waals surface area contributed by atoms with Crippen LogP contribution in [0.25, 0.3) is 11.2 Å². The minimum atomic E-state index is 0.331. The Morgan fingerprint density at radius 3 is 2.85 bits per heavy atom. The first-order valence-electron chi connectivity index (χ1n) is 10.9. The molecule has 1 saturated heterocycles. The van der Waals surface area contributed by atoms with Gasteiger partial charge in [-0.3, -0.25) is 0 Å². The van der Waals surface area contributed by atoms with Gasteiger partial charge in [0.25, 0.3) is 0 Å². The van der Waals surface area contributed by atoms with E-state index in [1.54, 1.807) is 18.5 Å². The smallest absolute Gasteiger partial charge is 0.223 e. The predicted molar refractivity (Wildman–Crippen MR) is 125 cm³/mol. The number of hydrogen-bond acceptors (Lipinski definition) is 10. The zero-order chi connectivity index (χ0) is 23.5. The third-order valence-electron chi connectivity index (χ3n) is 5.50. The molecule has 0 spiro atoms. The van der Waals surface area contributed by atoms with Gasteiger partial charge in [0, 0.05) is 32.8 Å². The van der Waals surface area contributed by atoms with Crippen LogP contribution in [-0.2, 0) is 11.8 Å². The quantitative estimate of drug-likeness (QED) is 0.477. The highest BCUT2D eigenvalue weighted by atomic mass is 16.5. The minimum absolute atomic E-state index is 0.331. The van der Waals surface area contributed by atoms with Crippen molar-refractivity contribution in [2.75, 3.05) is 36.5 Å². The van der Waals surface area contributed by atoms with Crippen molar-refractivity contribution in [2.24, 2.45) is 7.05 Å². The second-order valence-corrected chi connectivity index (χ2v) is 7.94. The molecule has 11 nitrogen and oxygen atoms in total. The molecule has 0 bridgehead atoms.